The van der Waals surface area contributed by atoms with Crippen LogP contribution in [0.3, 0.4) is 0 Å². The summed E-state index contributed by atoms with van der Waals surface area (Å²) in [5, 5.41) is 14.9. The van der Waals surface area contributed by atoms with Gasteiger partial charge in [-0.15, -0.1) is 0 Å². The smallest absolute Gasteiger partial charge is 0.209 e. The molecule has 0 fully saturated rings. The van der Waals surface area contributed by atoms with Gasteiger partial charge in [0.25, 0.3) is 0 Å². The van der Waals surface area contributed by atoms with Gasteiger partial charge in [-0.3, -0.25) is 5.41 Å². The molecule has 0 bridgehead atoms. The van der Waals surface area contributed by atoms with Crippen LogP contribution in [-0.2, 0) is 6.54 Å². The van der Waals surface area contributed by atoms with Crippen LogP contribution in [0.1, 0.15) is 22.3 Å². The van der Waals surface area contributed by atoms with Crippen molar-refractivity contribution in [2.45, 2.75) is 20.4 Å². The number of nitrogens with zero attached hydrogens (tertiary/aromatic N) is 1. The Morgan fingerprint density at radius 2 is 1.71 bits per heavy atom. The van der Waals surface area contributed by atoms with Crippen LogP contribution in [0.25, 0.3) is 0 Å². The van der Waals surface area contributed by atoms with Crippen LogP contribution in [0, 0.1) is 19.3 Å². The van der Waals surface area contributed by atoms with E-state index in [1.165, 1.54) is 11.1 Å². The van der Waals surface area contributed by atoms with Crippen molar-refractivity contribution in [1.29, 1.82) is 5.41 Å². The molecule has 0 atom stereocenters. The molecule has 0 saturated carbocycles. The summed E-state index contributed by atoms with van der Waals surface area (Å²) >= 11 is 0. The predicted molar refractivity (Wildman–Crippen MR) is 87.7 cm³/mol. The zero-order valence-electron chi connectivity index (χ0n) is 12.4. The van der Waals surface area contributed by atoms with Gasteiger partial charge in [-0.2, -0.15) is 5.10 Å². The standard InChI is InChI=1S/C17H20N4/c1-13-7-6-8-14(2)16(13)12-20-21-17(18)19-11-15-9-4-3-5-10-15/h3-10,12H,11H2,1-2H3,(H3,18,19,21)/b20-12+. The zero-order chi connectivity index (χ0) is 15.1. The molecule has 21 heavy (non-hydrogen) atoms. The van der Waals surface area contributed by atoms with Crippen molar-refractivity contribution < 1.29 is 0 Å². The van der Waals surface area contributed by atoms with Crippen molar-refractivity contribution >= 4 is 12.2 Å². The molecular formula is C17H20N4. The number of hydrogen-bond donors (Lipinski definition) is 3. The quantitative estimate of drug-likeness (QED) is 0.458. The Balaban J connectivity index is 1.85. The Hall–Kier alpha value is -2.62. The van der Waals surface area contributed by atoms with E-state index in [0.29, 0.717) is 6.54 Å². The van der Waals surface area contributed by atoms with Gasteiger partial charge < -0.3 is 5.32 Å². The highest BCUT2D eigenvalue weighted by molar-refractivity contribution is 5.85. The maximum atomic E-state index is 7.78. The minimum Gasteiger partial charge on any atom is -0.351 e. The second-order valence-electron chi connectivity index (χ2n) is 4.89. The summed E-state index contributed by atoms with van der Waals surface area (Å²) in [5.74, 6) is 0.182. The lowest BCUT2D eigenvalue weighted by Crippen LogP contribution is -2.32. The average molecular weight is 280 g/mol. The molecule has 2 aromatic carbocycles. The fourth-order valence-corrected chi connectivity index (χ4v) is 2.02. The van der Waals surface area contributed by atoms with E-state index in [-0.39, 0.29) is 5.96 Å². The lowest BCUT2D eigenvalue weighted by molar-refractivity contribution is 0.837. The molecule has 2 rings (SSSR count). The molecule has 0 aromatic heterocycles. The Bertz CT molecular complexity index is 612. The fourth-order valence-electron chi connectivity index (χ4n) is 2.02. The first kappa shape index (κ1) is 14.8. The van der Waals surface area contributed by atoms with Gasteiger partial charge in [-0.1, -0.05) is 48.5 Å². The Kier molecular flexibility index (Phi) is 5.10. The monoisotopic (exact) mass is 280 g/mol. The van der Waals surface area contributed by atoms with Crippen molar-refractivity contribution in [3.05, 3.63) is 70.8 Å². The molecule has 108 valence electrons. The minimum atomic E-state index is 0.182. The Morgan fingerprint density at radius 1 is 1.05 bits per heavy atom. The van der Waals surface area contributed by atoms with E-state index in [4.69, 9.17) is 5.41 Å². The molecular weight excluding hydrogens is 260 g/mol. The van der Waals surface area contributed by atoms with Gasteiger partial charge in [0.05, 0.1) is 6.21 Å². The summed E-state index contributed by atoms with van der Waals surface area (Å²) in [6.07, 6.45) is 1.75. The molecule has 0 radical (unpaired) electrons. The number of rotatable bonds is 4. The molecule has 0 heterocycles. The van der Waals surface area contributed by atoms with Crippen molar-refractivity contribution in [2.24, 2.45) is 5.10 Å². The summed E-state index contributed by atoms with van der Waals surface area (Å²) < 4.78 is 0. The molecule has 2 aromatic rings. The maximum absolute atomic E-state index is 7.78. The third-order valence-corrected chi connectivity index (χ3v) is 3.22. The lowest BCUT2D eigenvalue weighted by atomic mass is 10.0. The van der Waals surface area contributed by atoms with E-state index in [1.807, 2.05) is 62.4 Å². The van der Waals surface area contributed by atoms with Crippen LogP contribution in [0.15, 0.2) is 53.6 Å². The second kappa shape index (κ2) is 7.24. The summed E-state index contributed by atoms with van der Waals surface area (Å²) in [6, 6.07) is 16.1. The van der Waals surface area contributed by atoms with Crippen molar-refractivity contribution in [2.75, 3.05) is 0 Å². The van der Waals surface area contributed by atoms with Crippen molar-refractivity contribution in [3.63, 3.8) is 0 Å². The molecule has 3 N–H and O–H groups in total. The van der Waals surface area contributed by atoms with E-state index in [0.717, 1.165) is 11.1 Å². The molecule has 0 aliphatic rings. The molecule has 0 spiro atoms. The van der Waals surface area contributed by atoms with Crippen LogP contribution in [0.5, 0.6) is 0 Å². The molecule has 0 unspecified atom stereocenters. The van der Waals surface area contributed by atoms with Gasteiger partial charge in [-0.05, 0) is 30.5 Å². The van der Waals surface area contributed by atoms with Crippen LogP contribution >= 0.6 is 0 Å². The van der Waals surface area contributed by atoms with E-state index in [1.54, 1.807) is 6.21 Å². The predicted octanol–water partition coefficient (Wildman–Crippen LogP) is 2.95. The molecule has 4 nitrogen and oxygen atoms in total. The molecule has 0 saturated heterocycles. The zero-order valence-corrected chi connectivity index (χ0v) is 12.4. The van der Waals surface area contributed by atoms with Crippen LogP contribution in [0.2, 0.25) is 0 Å². The van der Waals surface area contributed by atoms with Gasteiger partial charge >= 0.3 is 0 Å². The van der Waals surface area contributed by atoms with Gasteiger partial charge in [0.15, 0.2) is 0 Å². The summed E-state index contributed by atoms with van der Waals surface area (Å²) in [7, 11) is 0. The third kappa shape index (κ3) is 4.45. The highest BCUT2D eigenvalue weighted by atomic mass is 15.4. The van der Waals surface area contributed by atoms with Gasteiger partial charge in [0.2, 0.25) is 5.96 Å². The highest BCUT2D eigenvalue weighted by Crippen LogP contribution is 2.10. The summed E-state index contributed by atoms with van der Waals surface area (Å²) in [4.78, 5) is 0. The average Bonchev–Trinajstić information content (AvgIpc) is 2.49. The van der Waals surface area contributed by atoms with Gasteiger partial charge in [0, 0.05) is 12.1 Å². The molecule has 0 aliphatic heterocycles. The molecule has 0 amide bonds. The molecule has 0 aliphatic carbocycles. The number of hydrogen-bond acceptors (Lipinski definition) is 2. The van der Waals surface area contributed by atoms with Crippen LogP contribution < -0.4 is 10.7 Å². The van der Waals surface area contributed by atoms with Gasteiger partial charge in [-0.25, -0.2) is 5.43 Å². The second-order valence-corrected chi connectivity index (χ2v) is 4.89. The lowest BCUT2D eigenvalue weighted by Gasteiger charge is -2.07. The van der Waals surface area contributed by atoms with Gasteiger partial charge in [0.1, 0.15) is 0 Å². The number of guanidine groups is 1. The van der Waals surface area contributed by atoms with Crippen molar-refractivity contribution in [3.8, 4) is 0 Å². The Morgan fingerprint density at radius 3 is 2.38 bits per heavy atom. The van der Waals surface area contributed by atoms with E-state index < -0.39 is 0 Å². The van der Waals surface area contributed by atoms with Crippen LogP contribution in [0.4, 0.5) is 0 Å². The number of hydrazone groups is 1. The highest BCUT2D eigenvalue weighted by Gasteiger charge is 1.98. The van der Waals surface area contributed by atoms with Crippen LogP contribution in [-0.4, -0.2) is 12.2 Å². The van der Waals surface area contributed by atoms with Crippen molar-refractivity contribution in [1.82, 2.24) is 10.7 Å². The largest absolute Gasteiger partial charge is 0.351 e. The maximum Gasteiger partial charge on any atom is 0.209 e. The summed E-state index contributed by atoms with van der Waals surface area (Å²) in [6.45, 7) is 4.70. The SMILES string of the molecule is Cc1cccc(C)c1/C=N/NC(=N)NCc1ccccc1. The Labute approximate surface area is 125 Å². The van der Waals surface area contributed by atoms with E-state index in [2.05, 4.69) is 15.8 Å². The molecule has 4 heteroatoms. The third-order valence-electron chi connectivity index (χ3n) is 3.22. The normalized spacial score (nSPS) is 10.6. The first-order valence-electron chi connectivity index (χ1n) is 6.88. The number of benzene rings is 2. The summed E-state index contributed by atoms with van der Waals surface area (Å²) in [5.41, 5.74) is 7.25. The minimum absolute atomic E-state index is 0.182. The van der Waals surface area contributed by atoms with E-state index in [9.17, 15) is 0 Å². The first-order chi connectivity index (χ1) is 10.2. The number of nitrogens with one attached hydrogen (secondary N) is 3. The first-order valence-corrected chi connectivity index (χ1v) is 6.88. The van der Waals surface area contributed by atoms with E-state index >= 15 is 0 Å². The topological polar surface area (TPSA) is 60.3 Å². The fraction of sp³-hybridized carbons (Fsp3) is 0.176. The number of aryl methyl sites for hydroxylation is 2.